The second kappa shape index (κ2) is 11.6. The van der Waals surface area contributed by atoms with Gasteiger partial charge in [0, 0.05) is 31.2 Å². The molecule has 3 aliphatic rings. The molecular formula is C27H33N8O4+. The Morgan fingerprint density at radius 2 is 2.03 bits per heavy atom. The number of aliphatic imine (C=N–C) groups is 1. The number of urea groups is 1. The number of rotatable bonds is 7. The lowest BCUT2D eigenvalue weighted by Crippen LogP contribution is -3.12. The second-order valence-electron chi connectivity index (χ2n) is 9.58. The smallest absolute Gasteiger partial charge is 0.319 e. The van der Waals surface area contributed by atoms with Gasteiger partial charge in [-0.05, 0) is 43.7 Å². The van der Waals surface area contributed by atoms with E-state index in [1.165, 1.54) is 0 Å². The first-order valence-corrected chi connectivity index (χ1v) is 12.9. The summed E-state index contributed by atoms with van der Waals surface area (Å²) in [5.41, 5.74) is 3.80. The number of carbonyl (C=O) groups is 2. The molecule has 5 rings (SSSR count). The van der Waals surface area contributed by atoms with Gasteiger partial charge in [-0.2, -0.15) is 4.99 Å². The van der Waals surface area contributed by atoms with E-state index in [1.54, 1.807) is 36.4 Å². The van der Waals surface area contributed by atoms with E-state index >= 15 is 0 Å². The summed E-state index contributed by atoms with van der Waals surface area (Å²) in [4.78, 5) is 39.1. The molecule has 4 heterocycles. The highest BCUT2D eigenvalue weighted by molar-refractivity contribution is 5.98. The van der Waals surface area contributed by atoms with Crippen LogP contribution >= 0.6 is 0 Å². The van der Waals surface area contributed by atoms with Gasteiger partial charge in [-0.15, -0.1) is 0 Å². The molecular weight excluding hydrogens is 500 g/mol. The van der Waals surface area contributed by atoms with Gasteiger partial charge in [-0.1, -0.05) is 6.07 Å². The monoisotopic (exact) mass is 533 g/mol. The Kier molecular flexibility index (Phi) is 7.87. The molecule has 0 saturated carbocycles. The van der Waals surface area contributed by atoms with E-state index in [0.29, 0.717) is 50.0 Å². The Hall–Kier alpha value is -4.26. The molecule has 12 nitrogen and oxygen atoms in total. The largest absolute Gasteiger partial charge is 0.394 e. The van der Waals surface area contributed by atoms with Crippen LogP contribution in [0.15, 0.2) is 65.8 Å². The van der Waals surface area contributed by atoms with E-state index in [2.05, 4.69) is 30.8 Å². The fourth-order valence-electron chi connectivity index (χ4n) is 4.61. The number of nitrogens with one attached hydrogen (secondary N) is 4. The number of hydrogen-bond donors (Lipinski definition) is 5. The number of benzene rings is 1. The summed E-state index contributed by atoms with van der Waals surface area (Å²) in [5.74, 6) is 1.38. The lowest BCUT2D eigenvalue weighted by Gasteiger charge is -2.31. The van der Waals surface area contributed by atoms with Crippen molar-refractivity contribution in [3.05, 3.63) is 72.0 Å². The molecule has 1 aromatic carbocycles. The molecule has 1 unspecified atom stereocenters. The Bertz CT molecular complexity index is 1320. The van der Waals surface area contributed by atoms with Crippen LogP contribution in [-0.2, 0) is 4.74 Å². The van der Waals surface area contributed by atoms with E-state index in [-0.39, 0.29) is 24.6 Å². The van der Waals surface area contributed by atoms with Crippen molar-refractivity contribution >= 4 is 35.0 Å². The van der Waals surface area contributed by atoms with Gasteiger partial charge >= 0.3 is 6.03 Å². The highest BCUT2D eigenvalue weighted by Gasteiger charge is 2.32. The number of aliphatic hydroxyl groups is 1. The molecule has 3 amide bonds. The molecule has 5 N–H and O–H groups in total. The van der Waals surface area contributed by atoms with Gasteiger partial charge in [0.05, 0.1) is 43.3 Å². The number of hydrogen-bond acceptors (Lipinski definition) is 8. The van der Waals surface area contributed by atoms with Gasteiger partial charge in [-0.25, -0.2) is 14.7 Å². The third-order valence-electron chi connectivity index (χ3n) is 6.75. The van der Waals surface area contributed by atoms with Crippen LogP contribution in [0.2, 0.25) is 0 Å². The first kappa shape index (κ1) is 26.4. The number of morpholine rings is 1. The first-order chi connectivity index (χ1) is 18.9. The van der Waals surface area contributed by atoms with Crippen LogP contribution in [0.4, 0.5) is 22.0 Å². The van der Waals surface area contributed by atoms with Crippen LogP contribution in [0.3, 0.4) is 0 Å². The topological polar surface area (TPSA) is 136 Å². The van der Waals surface area contributed by atoms with E-state index in [0.717, 1.165) is 27.7 Å². The summed E-state index contributed by atoms with van der Waals surface area (Å²) in [6.45, 7) is 6.40. The Labute approximate surface area is 226 Å². The van der Waals surface area contributed by atoms with Crippen molar-refractivity contribution in [1.29, 1.82) is 0 Å². The van der Waals surface area contributed by atoms with Crippen molar-refractivity contribution in [3.63, 3.8) is 0 Å². The molecule has 0 aliphatic carbocycles. The lowest BCUT2D eigenvalue weighted by molar-refractivity contribution is -0.743. The van der Waals surface area contributed by atoms with Gasteiger partial charge in [0.15, 0.2) is 6.67 Å². The van der Waals surface area contributed by atoms with Crippen molar-refractivity contribution in [1.82, 2.24) is 15.2 Å². The van der Waals surface area contributed by atoms with Crippen LogP contribution in [-0.4, -0.2) is 78.4 Å². The quantitative estimate of drug-likeness (QED) is 0.356. The number of quaternary nitrogens is 1. The molecule has 3 aliphatic heterocycles. The third kappa shape index (κ3) is 5.93. The van der Waals surface area contributed by atoms with Crippen LogP contribution in [0.5, 0.6) is 0 Å². The molecule has 12 heteroatoms. The number of carbonyl (C=O) groups excluding carboxylic acids is 2. The average Bonchev–Trinajstić information content (AvgIpc) is 3.44. The van der Waals surface area contributed by atoms with E-state index in [4.69, 9.17) is 4.74 Å². The zero-order chi connectivity index (χ0) is 27.4. The third-order valence-corrected chi connectivity index (χ3v) is 6.75. The molecule has 0 radical (unpaired) electrons. The van der Waals surface area contributed by atoms with E-state index < -0.39 is 0 Å². The fourth-order valence-corrected chi connectivity index (χ4v) is 4.61. The average molecular weight is 534 g/mol. The number of aromatic nitrogens is 1. The predicted octanol–water partition coefficient (Wildman–Crippen LogP) is 0.864. The van der Waals surface area contributed by atoms with Gasteiger partial charge in [0.1, 0.15) is 17.7 Å². The molecule has 2 aromatic rings. The summed E-state index contributed by atoms with van der Waals surface area (Å²) in [7, 11) is 0. The summed E-state index contributed by atoms with van der Waals surface area (Å²) in [5, 5.41) is 18.1. The normalized spacial score (nSPS) is 19.1. The molecule has 1 fully saturated rings. The number of pyridine rings is 1. The minimum atomic E-state index is -0.377. The van der Waals surface area contributed by atoms with Gasteiger partial charge in [0.25, 0.3) is 11.7 Å². The van der Waals surface area contributed by atoms with E-state index in [1.807, 2.05) is 37.5 Å². The van der Waals surface area contributed by atoms with E-state index in [9.17, 15) is 14.7 Å². The van der Waals surface area contributed by atoms with Crippen molar-refractivity contribution in [2.24, 2.45) is 4.99 Å². The molecule has 204 valence electrons. The highest BCUT2D eigenvalue weighted by Crippen LogP contribution is 2.28. The number of aliphatic hydroxyl groups excluding tert-OH is 1. The number of amidine groups is 1. The number of nitrogens with zero attached hydrogens (tertiary/aromatic N) is 4. The Morgan fingerprint density at radius 3 is 2.77 bits per heavy atom. The minimum Gasteiger partial charge on any atom is -0.394 e. The predicted molar refractivity (Wildman–Crippen MR) is 147 cm³/mol. The molecule has 39 heavy (non-hydrogen) atoms. The fraction of sp³-hybridized carbons (Fsp3) is 0.333. The lowest BCUT2D eigenvalue weighted by atomic mass is 10.1. The van der Waals surface area contributed by atoms with Crippen LogP contribution < -0.4 is 25.8 Å². The number of anilines is 3. The number of amides is 3. The molecule has 0 spiro atoms. The Morgan fingerprint density at radius 1 is 1.21 bits per heavy atom. The van der Waals surface area contributed by atoms with Crippen LogP contribution in [0.1, 0.15) is 22.8 Å². The van der Waals surface area contributed by atoms with Crippen LogP contribution in [0, 0.1) is 6.92 Å². The second-order valence-corrected chi connectivity index (χ2v) is 9.58. The SMILES string of the molecule is Cc1c(NC(=O)N[C@@H](C)CO)cccc1N1C=C(Nc2ccc(C(=O)N3CCOCC3)cn2)C2=NC=C[NH+]2C1. The molecule has 1 saturated heterocycles. The number of fused-ring (bicyclic) bond motifs is 1. The zero-order valence-corrected chi connectivity index (χ0v) is 22.0. The van der Waals surface area contributed by atoms with Crippen molar-refractivity contribution in [2.45, 2.75) is 19.9 Å². The summed E-state index contributed by atoms with van der Waals surface area (Å²) in [6, 6.07) is 8.56. The maximum absolute atomic E-state index is 12.8. The Balaban J connectivity index is 1.34. The van der Waals surface area contributed by atoms with Gasteiger partial charge in [-0.3, -0.25) is 9.69 Å². The van der Waals surface area contributed by atoms with Gasteiger partial charge < -0.3 is 30.7 Å². The highest BCUT2D eigenvalue weighted by atomic mass is 16.5. The van der Waals surface area contributed by atoms with Gasteiger partial charge in [0.2, 0.25) is 0 Å². The maximum atomic E-state index is 12.8. The first-order valence-electron chi connectivity index (χ1n) is 12.9. The molecule has 1 aromatic heterocycles. The maximum Gasteiger partial charge on any atom is 0.319 e. The summed E-state index contributed by atoms with van der Waals surface area (Å²) < 4.78 is 5.34. The molecule has 2 atom stereocenters. The zero-order valence-electron chi connectivity index (χ0n) is 22.0. The minimum absolute atomic E-state index is 0.0520. The standard InChI is InChI=1S/C27H32N8O4/c1-18(16-36)30-27(38)32-21-4-3-5-23(19(21)2)35-15-22(25-28-8-9-34(25)17-35)31-24-7-6-20(14-29-24)26(37)33-10-12-39-13-11-33/h3-9,14-15,18,36H,10-13,16-17H2,1-2H3,(H,29,31)(H2,30,32,38)/p+1/t18-/m0/s1. The van der Waals surface area contributed by atoms with Crippen molar-refractivity contribution in [3.8, 4) is 0 Å². The van der Waals surface area contributed by atoms with Crippen molar-refractivity contribution in [2.75, 3.05) is 55.1 Å². The number of ether oxygens (including phenoxy) is 1. The summed E-state index contributed by atoms with van der Waals surface area (Å²) >= 11 is 0. The van der Waals surface area contributed by atoms with Crippen molar-refractivity contribution < 1.29 is 24.3 Å². The van der Waals surface area contributed by atoms with Crippen LogP contribution in [0.25, 0.3) is 0 Å². The molecule has 0 bridgehead atoms. The summed E-state index contributed by atoms with van der Waals surface area (Å²) in [6.07, 6.45) is 7.32.